The predicted octanol–water partition coefficient (Wildman–Crippen LogP) is 4.17. The largest absolute Gasteiger partial charge is 0.462 e. The Morgan fingerprint density at radius 2 is 1.89 bits per heavy atom. The molecule has 3 aromatic rings. The first-order valence-electron chi connectivity index (χ1n) is 11.4. The summed E-state index contributed by atoms with van der Waals surface area (Å²) in [5.41, 5.74) is 2.54. The van der Waals surface area contributed by atoms with Gasteiger partial charge in [0.15, 0.2) is 11.0 Å². The van der Waals surface area contributed by atoms with Gasteiger partial charge in [0.05, 0.1) is 24.0 Å². The molecule has 0 unspecified atom stereocenters. The van der Waals surface area contributed by atoms with Gasteiger partial charge in [-0.3, -0.25) is 9.59 Å². The van der Waals surface area contributed by atoms with Crippen molar-refractivity contribution in [1.29, 1.82) is 0 Å². The average Bonchev–Trinajstić information content (AvgIpc) is 3.26. The second-order valence-electron chi connectivity index (χ2n) is 7.94. The number of thioether (sulfide) groups is 1. The van der Waals surface area contributed by atoms with Crippen LogP contribution in [0.5, 0.6) is 0 Å². The van der Waals surface area contributed by atoms with Gasteiger partial charge in [0.2, 0.25) is 5.91 Å². The highest BCUT2D eigenvalue weighted by atomic mass is 32.2. The zero-order chi connectivity index (χ0) is 26.1. The van der Waals surface area contributed by atoms with Crippen molar-refractivity contribution in [2.24, 2.45) is 0 Å². The smallest absolute Gasteiger partial charge is 0.338 e. The van der Waals surface area contributed by atoms with Gasteiger partial charge >= 0.3 is 5.97 Å². The number of allylic oxidation sites excluding steroid dienone is 1. The second-order valence-corrected chi connectivity index (χ2v) is 8.88. The third-order valence-corrected chi connectivity index (χ3v) is 6.05. The SMILES string of the molecule is C=CCn1c(SCC(=O)Nc2ccc(C(=O)OCC)cc2)nnc1[C@@H](C)NC(=O)c1cccc(C)c1. The maximum atomic E-state index is 12.7. The summed E-state index contributed by atoms with van der Waals surface area (Å²) in [5, 5.41) is 14.8. The lowest BCUT2D eigenvalue weighted by Gasteiger charge is -2.15. The van der Waals surface area contributed by atoms with Crippen LogP contribution in [0.2, 0.25) is 0 Å². The molecule has 9 nitrogen and oxygen atoms in total. The van der Waals surface area contributed by atoms with E-state index in [-0.39, 0.29) is 17.6 Å². The van der Waals surface area contributed by atoms with Crippen molar-refractivity contribution < 1.29 is 19.1 Å². The Kier molecular flexibility index (Phi) is 9.40. The minimum atomic E-state index is -0.411. The number of esters is 1. The molecule has 0 radical (unpaired) electrons. The molecular weight excluding hydrogens is 478 g/mol. The van der Waals surface area contributed by atoms with Crippen molar-refractivity contribution in [3.05, 3.63) is 83.7 Å². The molecule has 2 aromatic carbocycles. The second kappa shape index (κ2) is 12.7. The molecule has 1 atom stereocenters. The Labute approximate surface area is 214 Å². The first-order chi connectivity index (χ1) is 17.3. The molecule has 2 N–H and O–H groups in total. The molecule has 1 heterocycles. The summed E-state index contributed by atoms with van der Waals surface area (Å²) in [4.78, 5) is 36.9. The lowest BCUT2D eigenvalue weighted by Crippen LogP contribution is -2.29. The first-order valence-corrected chi connectivity index (χ1v) is 12.4. The molecule has 188 valence electrons. The number of aromatic nitrogens is 3. The van der Waals surface area contributed by atoms with E-state index in [1.54, 1.807) is 43.3 Å². The third kappa shape index (κ3) is 7.05. The van der Waals surface area contributed by atoms with Gasteiger partial charge in [0.1, 0.15) is 0 Å². The minimum absolute atomic E-state index is 0.0962. The molecule has 3 rings (SSSR count). The molecular formula is C26H29N5O4S. The maximum absolute atomic E-state index is 12.7. The number of ether oxygens (including phenoxy) is 1. The van der Waals surface area contributed by atoms with Crippen molar-refractivity contribution >= 4 is 35.2 Å². The molecule has 36 heavy (non-hydrogen) atoms. The Morgan fingerprint density at radius 3 is 2.56 bits per heavy atom. The van der Waals surface area contributed by atoms with E-state index in [4.69, 9.17) is 4.74 Å². The zero-order valence-corrected chi connectivity index (χ0v) is 21.3. The number of aryl methyl sites for hydroxylation is 1. The summed E-state index contributed by atoms with van der Waals surface area (Å²) < 4.78 is 6.78. The van der Waals surface area contributed by atoms with E-state index in [0.29, 0.717) is 40.9 Å². The van der Waals surface area contributed by atoms with Gasteiger partial charge in [0, 0.05) is 17.8 Å². The molecule has 0 spiro atoms. The number of nitrogens with zero attached hydrogens (tertiary/aromatic N) is 3. The van der Waals surface area contributed by atoms with Crippen LogP contribution in [-0.2, 0) is 16.1 Å². The van der Waals surface area contributed by atoms with E-state index >= 15 is 0 Å². The molecule has 0 bridgehead atoms. The minimum Gasteiger partial charge on any atom is -0.462 e. The van der Waals surface area contributed by atoms with E-state index in [2.05, 4.69) is 27.4 Å². The number of rotatable bonds is 11. The predicted molar refractivity (Wildman–Crippen MR) is 139 cm³/mol. The quantitative estimate of drug-likeness (QED) is 0.227. The van der Waals surface area contributed by atoms with Gasteiger partial charge in [-0.2, -0.15) is 0 Å². The van der Waals surface area contributed by atoms with Crippen LogP contribution in [0.15, 0.2) is 66.3 Å². The molecule has 0 fully saturated rings. The number of carbonyl (C=O) groups excluding carboxylic acids is 3. The molecule has 0 saturated carbocycles. The Bertz CT molecular complexity index is 1240. The molecule has 0 aliphatic carbocycles. The fraction of sp³-hybridized carbons (Fsp3) is 0.269. The van der Waals surface area contributed by atoms with E-state index in [1.165, 1.54) is 11.8 Å². The van der Waals surface area contributed by atoms with Crippen LogP contribution in [0, 0.1) is 6.92 Å². The summed E-state index contributed by atoms with van der Waals surface area (Å²) in [5.74, 6) is -0.193. The van der Waals surface area contributed by atoms with Crippen molar-refractivity contribution in [3.8, 4) is 0 Å². The van der Waals surface area contributed by atoms with Crippen LogP contribution >= 0.6 is 11.8 Å². The highest BCUT2D eigenvalue weighted by Gasteiger charge is 2.20. The van der Waals surface area contributed by atoms with Crippen molar-refractivity contribution in [1.82, 2.24) is 20.1 Å². The summed E-state index contributed by atoms with van der Waals surface area (Å²) in [6, 6.07) is 13.4. The van der Waals surface area contributed by atoms with Gasteiger partial charge in [-0.15, -0.1) is 16.8 Å². The molecule has 2 amide bonds. The molecule has 0 aliphatic heterocycles. The number of carbonyl (C=O) groups is 3. The van der Waals surface area contributed by atoms with Gasteiger partial charge < -0.3 is 19.9 Å². The number of amides is 2. The summed E-state index contributed by atoms with van der Waals surface area (Å²) >= 11 is 1.23. The highest BCUT2D eigenvalue weighted by Crippen LogP contribution is 2.22. The van der Waals surface area contributed by atoms with Gasteiger partial charge in [0.25, 0.3) is 5.91 Å². The normalized spacial score (nSPS) is 11.4. The van der Waals surface area contributed by atoms with Crippen molar-refractivity contribution in [3.63, 3.8) is 0 Å². The molecule has 1 aromatic heterocycles. The summed E-state index contributed by atoms with van der Waals surface area (Å²) in [6.07, 6.45) is 1.71. The average molecular weight is 508 g/mol. The van der Waals surface area contributed by atoms with E-state index < -0.39 is 12.0 Å². The Morgan fingerprint density at radius 1 is 1.14 bits per heavy atom. The number of anilines is 1. The van der Waals surface area contributed by atoms with E-state index in [0.717, 1.165) is 5.56 Å². The summed E-state index contributed by atoms with van der Waals surface area (Å²) in [6.45, 7) is 10.0. The van der Waals surface area contributed by atoms with Crippen LogP contribution in [0.3, 0.4) is 0 Å². The Balaban J connectivity index is 1.62. The fourth-order valence-corrected chi connectivity index (χ4v) is 4.14. The molecule has 0 aliphatic rings. The van der Waals surface area contributed by atoms with Crippen LogP contribution in [0.1, 0.15) is 52.0 Å². The van der Waals surface area contributed by atoms with Crippen LogP contribution in [0.4, 0.5) is 5.69 Å². The zero-order valence-electron chi connectivity index (χ0n) is 20.5. The Hall–Kier alpha value is -3.92. The summed E-state index contributed by atoms with van der Waals surface area (Å²) in [7, 11) is 0. The number of benzene rings is 2. The lowest BCUT2D eigenvalue weighted by atomic mass is 10.1. The topological polar surface area (TPSA) is 115 Å². The van der Waals surface area contributed by atoms with Gasteiger partial charge in [-0.1, -0.05) is 35.5 Å². The molecule has 0 saturated heterocycles. The lowest BCUT2D eigenvalue weighted by molar-refractivity contribution is -0.113. The van der Waals surface area contributed by atoms with Gasteiger partial charge in [-0.05, 0) is 57.2 Å². The monoisotopic (exact) mass is 507 g/mol. The van der Waals surface area contributed by atoms with Crippen molar-refractivity contribution in [2.45, 2.75) is 38.5 Å². The highest BCUT2D eigenvalue weighted by molar-refractivity contribution is 7.99. The number of nitrogens with one attached hydrogen (secondary N) is 2. The fourth-order valence-electron chi connectivity index (χ4n) is 3.39. The number of hydrogen-bond donors (Lipinski definition) is 2. The van der Waals surface area contributed by atoms with Crippen LogP contribution in [0.25, 0.3) is 0 Å². The molecule has 10 heteroatoms. The number of hydrogen-bond acceptors (Lipinski definition) is 7. The van der Waals surface area contributed by atoms with Crippen LogP contribution in [-0.4, -0.2) is 44.9 Å². The van der Waals surface area contributed by atoms with E-state index in [1.807, 2.05) is 36.6 Å². The standard InChI is InChI=1S/C26H29N5O4S/c1-5-14-31-23(18(4)27-24(33)20-9-7-8-17(3)15-20)29-30-26(31)36-16-22(32)28-21-12-10-19(11-13-21)25(34)35-6-2/h5,7-13,15,18H,1,6,14,16H2,2-4H3,(H,27,33)(H,28,32)/t18-/m1/s1. The van der Waals surface area contributed by atoms with Crippen LogP contribution < -0.4 is 10.6 Å². The van der Waals surface area contributed by atoms with E-state index in [9.17, 15) is 14.4 Å². The maximum Gasteiger partial charge on any atom is 0.338 e. The third-order valence-electron chi connectivity index (χ3n) is 5.08. The van der Waals surface area contributed by atoms with Gasteiger partial charge in [-0.25, -0.2) is 4.79 Å². The first kappa shape index (κ1) is 26.7. The van der Waals surface area contributed by atoms with Crippen molar-refractivity contribution in [2.75, 3.05) is 17.7 Å².